The van der Waals surface area contributed by atoms with Crippen molar-refractivity contribution in [2.75, 3.05) is 0 Å². The van der Waals surface area contributed by atoms with Crippen LogP contribution in [0.2, 0.25) is 0 Å². The average molecular weight is 254 g/mol. The zero-order valence-corrected chi connectivity index (χ0v) is 8.52. The number of aromatic carboxylic acids is 1. The molecule has 0 aliphatic rings. The highest BCUT2D eigenvalue weighted by atomic mass is 32.2. The van der Waals surface area contributed by atoms with E-state index in [0.717, 1.165) is 18.2 Å². The van der Waals surface area contributed by atoms with Crippen molar-refractivity contribution >= 4 is 16.1 Å². The van der Waals surface area contributed by atoms with Gasteiger partial charge < -0.3 is 21.2 Å². The van der Waals surface area contributed by atoms with Crippen LogP contribution >= 0.6 is 0 Å². The number of carbonyl (C=O) groups is 1. The maximum Gasteiger partial charge on any atom is 0.335 e. The van der Waals surface area contributed by atoms with Gasteiger partial charge in [-0.1, -0.05) is 0 Å². The first-order chi connectivity index (χ1) is 6.30. The highest BCUT2D eigenvalue weighted by Crippen LogP contribution is 2.19. The van der Waals surface area contributed by atoms with E-state index in [1.807, 2.05) is 0 Å². The van der Waals surface area contributed by atoms with Gasteiger partial charge in [0.2, 0.25) is 0 Å². The molecule has 0 radical (unpaired) electrons. The summed E-state index contributed by atoms with van der Waals surface area (Å²) < 4.78 is 29.8. The fraction of sp³-hybridized carbons (Fsp3) is 0. The van der Waals surface area contributed by atoms with Gasteiger partial charge in [0.25, 0.3) is 10.1 Å². The molecule has 1 aromatic carbocycles. The molecule has 92 valence electrons. The number of aromatic hydroxyl groups is 1. The van der Waals surface area contributed by atoms with E-state index in [-0.39, 0.29) is 11.0 Å². The Bertz CT molecular complexity index is 477. The zero-order chi connectivity index (χ0) is 10.9. The molecule has 0 spiro atoms. The Morgan fingerprint density at radius 3 is 2.00 bits per heavy atom. The van der Waals surface area contributed by atoms with E-state index in [2.05, 4.69) is 0 Å². The monoisotopic (exact) mass is 254 g/mol. The maximum atomic E-state index is 10.6. The van der Waals surface area contributed by atoms with Crippen molar-refractivity contribution in [3.63, 3.8) is 0 Å². The number of phenolic OH excluding ortho intramolecular Hbond substituents is 1. The summed E-state index contributed by atoms with van der Waals surface area (Å²) in [5.74, 6) is -1.94. The third-order valence-electron chi connectivity index (χ3n) is 1.44. The Kier molecular flexibility index (Phi) is 5.67. The molecule has 0 bridgehead atoms. The quantitative estimate of drug-likeness (QED) is 0.551. The normalized spacial score (nSPS) is 9.81. The van der Waals surface area contributed by atoms with Gasteiger partial charge in [-0.15, -0.1) is 0 Å². The van der Waals surface area contributed by atoms with Crippen LogP contribution in [-0.4, -0.2) is 40.1 Å². The van der Waals surface area contributed by atoms with Crippen molar-refractivity contribution in [3.05, 3.63) is 23.8 Å². The van der Waals surface area contributed by atoms with E-state index in [1.165, 1.54) is 0 Å². The third-order valence-corrected chi connectivity index (χ3v) is 2.27. The van der Waals surface area contributed by atoms with Crippen LogP contribution in [0.4, 0.5) is 0 Å². The van der Waals surface area contributed by atoms with Crippen LogP contribution in [0.25, 0.3) is 0 Å². The van der Waals surface area contributed by atoms with E-state index >= 15 is 0 Å². The SMILES string of the molecule is O.O.O=C(O)c1cc(O)cc(S(=O)(=O)O)c1. The summed E-state index contributed by atoms with van der Waals surface area (Å²) in [5.41, 5.74) is -0.419. The summed E-state index contributed by atoms with van der Waals surface area (Å²) in [6.45, 7) is 0. The molecule has 8 nitrogen and oxygen atoms in total. The van der Waals surface area contributed by atoms with Gasteiger partial charge >= 0.3 is 5.97 Å². The smallest absolute Gasteiger partial charge is 0.335 e. The van der Waals surface area contributed by atoms with E-state index in [1.54, 1.807) is 0 Å². The Morgan fingerprint density at radius 1 is 1.12 bits per heavy atom. The molecule has 0 aromatic heterocycles. The fourth-order valence-corrected chi connectivity index (χ4v) is 1.40. The number of carboxylic acids is 1. The summed E-state index contributed by atoms with van der Waals surface area (Å²) in [5, 5.41) is 17.5. The third kappa shape index (κ3) is 3.82. The first-order valence-electron chi connectivity index (χ1n) is 3.35. The van der Waals surface area contributed by atoms with Crippen molar-refractivity contribution in [1.29, 1.82) is 0 Å². The molecule has 1 rings (SSSR count). The predicted molar refractivity (Wildman–Crippen MR) is 52.1 cm³/mol. The number of phenols is 1. The van der Waals surface area contributed by atoms with Crippen LogP contribution < -0.4 is 0 Å². The Hall–Kier alpha value is -1.68. The number of carboxylic acid groups (broad SMARTS) is 1. The minimum Gasteiger partial charge on any atom is -0.508 e. The second-order valence-electron chi connectivity index (χ2n) is 2.50. The minimum atomic E-state index is -4.50. The molecule has 0 fully saturated rings. The van der Waals surface area contributed by atoms with Crippen LogP contribution in [0.15, 0.2) is 23.1 Å². The van der Waals surface area contributed by atoms with Gasteiger partial charge in [-0.05, 0) is 12.1 Å². The lowest BCUT2D eigenvalue weighted by Crippen LogP contribution is -2.02. The zero-order valence-electron chi connectivity index (χ0n) is 7.71. The van der Waals surface area contributed by atoms with Gasteiger partial charge in [-0.3, -0.25) is 4.55 Å². The number of hydrogen-bond acceptors (Lipinski definition) is 4. The summed E-state index contributed by atoms with van der Waals surface area (Å²) in [6.07, 6.45) is 0. The molecule has 0 atom stereocenters. The summed E-state index contributed by atoms with van der Waals surface area (Å²) in [4.78, 5) is 9.79. The van der Waals surface area contributed by atoms with Crippen LogP contribution in [0, 0.1) is 0 Å². The highest BCUT2D eigenvalue weighted by molar-refractivity contribution is 7.85. The van der Waals surface area contributed by atoms with Crippen LogP contribution in [0.3, 0.4) is 0 Å². The largest absolute Gasteiger partial charge is 0.508 e. The Balaban J connectivity index is 0. The van der Waals surface area contributed by atoms with Crippen LogP contribution in [-0.2, 0) is 10.1 Å². The lowest BCUT2D eigenvalue weighted by Gasteiger charge is -2.00. The molecular weight excluding hydrogens is 244 g/mol. The first kappa shape index (κ1) is 16.7. The van der Waals surface area contributed by atoms with Crippen molar-refractivity contribution in [1.82, 2.24) is 0 Å². The summed E-state index contributed by atoms with van der Waals surface area (Å²) >= 11 is 0. The molecule has 0 saturated carbocycles. The molecule has 0 saturated heterocycles. The Labute approximate surface area is 90.1 Å². The van der Waals surface area contributed by atoms with Gasteiger partial charge in [-0.2, -0.15) is 8.42 Å². The molecule has 0 aliphatic carbocycles. The van der Waals surface area contributed by atoms with E-state index in [9.17, 15) is 13.2 Å². The topological polar surface area (TPSA) is 175 Å². The fourth-order valence-electron chi connectivity index (χ4n) is 0.856. The standard InChI is InChI=1S/C7H6O6S.2H2O/c8-5-1-4(7(9)10)2-6(3-5)14(11,12)13;;/h1-3,8H,(H,9,10)(H,11,12,13);2*1H2. The second-order valence-corrected chi connectivity index (χ2v) is 3.92. The molecule has 9 heteroatoms. The maximum absolute atomic E-state index is 10.6. The second kappa shape index (κ2) is 5.42. The van der Waals surface area contributed by atoms with Crippen LogP contribution in [0.5, 0.6) is 5.75 Å². The van der Waals surface area contributed by atoms with Gasteiger partial charge in [0.05, 0.1) is 10.5 Å². The molecule has 16 heavy (non-hydrogen) atoms. The highest BCUT2D eigenvalue weighted by Gasteiger charge is 2.14. The van der Waals surface area contributed by atoms with Crippen molar-refractivity contribution < 1.29 is 38.9 Å². The number of hydrogen-bond donors (Lipinski definition) is 3. The molecule has 1 aromatic rings. The van der Waals surface area contributed by atoms with Crippen molar-refractivity contribution in [2.45, 2.75) is 4.90 Å². The van der Waals surface area contributed by atoms with Crippen molar-refractivity contribution in [2.24, 2.45) is 0 Å². The number of benzene rings is 1. The summed E-state index contributed by atoms with van der Waals surface area (Å²) in [7, 11) is -4.50. The molecule has 0 aliphatic heterocycles. The molecule has 0 heterocycles. The molecule has 0 amide bonds. The van der Waals surface area contributed by atoms with Gasteiger partial charge in [-0.25, -0.2) is 4.79 Å². The van der Waals surface area contributed by atoms with Crippen LogP contribution in [0.1, 0.15) is 10.4 Å². The first-order valence-corrected chi connectivity index (χ1v) is 4.79. The molecular formula is C7H10O8S. The van der Waals surface area contributed by atoms with Gasteiger partial charge in [0.1, 0.15) is 5.75 Å². The summed E-state index contributed by atoms with van der Waals surface area (Å²) in [6, 6.07) is 2.37. The van der Waals surface area contributed by atoms with Crippen molar-refractivity contribution in [3.8, 4) is 5.75 Å². The number of rotatable bonds is 2. The van der Waals surface area contributed by atoms with E-state index < -0.39 is 32.3 Å². The Morgan fingerprint density at radius 2 is 1.62 bits per heavy atom. The lowest BCUT2D eigenvalue weighted by atomic mass is 10.2. The molecule has 0 unspecified atom stereocenters. The van der Waals surface area contributed by atoms with E-state index in [4.69, 9.17) is 14.8 Å². The van der Waals surface area contributed by atoms with Gasteiger partial charge in [0.15, 0.2) is 0 Å². The predicted octanol–water partition coefficient (Wildman–Crippen LogP) is -1.31. The van der Waals surface area contributed by atoms with E-state index in [0.29, 0.717) is 0 Å². The molecule has 7 N–H and O–H groups in total. The lowest BCUT2D eigenvalue weighted by molar-refractivity contribution is 0.0696. The minimum absolute atomic E-state index is 0. The average Bonchev–Trinajstić information content (AvgIpc) is 2.01. The van der Waals surface area contributed by atoms with Gasteiger partial charge in [0, 0.05) is 6.07 Å².